The number of aryl methyl sites for hydroxylation is 1. The van der Waals surface area contributed by atoms with Crippen molar-refractivity contribution in [2.24, 2.45) is 0 Å². The molecule has 0 saturated carbocycles. The van der Waals surface area contributed by atoms with Crippen LogP contribution in [0.1, 0.15) is 22.8 Å². The summed E-state index contributed by atoms with van der Waals surface area (Å²) in [6.07, 6.45) is 0.937. The van der Waals surface area contributed by atoms with E-state index in [0.29, 0.717) is 34.8 Å². The minimum absolute atomic E-state index is 0.0103. The zero-order valence-corrected chi connectivity index (χ0v) is 18.2. The lowest BCUT2D eigenvalue weighted by Crippen LogP contribution is -2.25. The number of hydrogen-bond donors (Lipinski definition) is 0. The van der Waals surface area contributed by atoms with Crippen molar-refractivity contribution in [2.45, 2.75) is 25.0 Å². The molecule has 3 rings (SSSR count). The van der Waals surface area contributed by atoms with Crippen LogP contribution < -0.4 is 5.56 Å². The van der Waals surface area contributed by atoms with E-state index in [0.717, 1.165) is 10.9 Å². The third-order valence-corrected chi connectivity index (χ3v) is 5.89. The van der Waals surface area contributed by atoms with Gasteiger partial charge in [-0.15, -0.1) is 0 Å². The number of rotatable bonds is 8. The number of nitrogens with zero attached hydrogens (tertiary/aromatic N) is 2. The van der Waals surface area contributed by atoms with Crippen LogP contribution in [-0.4, -0.2) is 34.8 Å². The van der Waals surface area contributed by atoms with E-state index in [1.165, 1.54) is 17.3 Å². The molecule has 5 nitrogen and oxygen atoms in total. The Hall–Kier alpha value is -1.96. The number of aromatic nitrogens is 2. The van der Waals surface area contributed by atoms with E-state index < -0.39 is 0 Å². The summed E-state index contributed by atoms with van der Waals surface area (Å²) >= 11 is 4.68. The first-order valence-electron chi connectivity index (χ1n) is 8.97. The van der Waals surface area contributed by atoms with Crippen LogP contribution in [-0.2, 0) is 17.7 Å². The Morgan fingerprint density at radius 3 is 2.64 bits per heavy atom. The zero-order valence-electron chi connectivity index (χ0n) is 15.8. The predicted octanol–water partition coefficient (Wildman–Crippen LogP) is 4.34. The molecule has 1 heterocycles. The first-order valence-corrected chi connectivity index (χ1v) is 10.7. The van der Waals surface area contributed by atoms with Gasteiger partial charge in [0.05, 0.1) is 29.8 Å². The minimum Gasteiger partial charge on any atom is -0.383 e. The highest BCUT2D eigenvalue weighted by Gasteiger charge is 2.14. The van der Waals surface area contributed by atoms with Crippen LogP contribution >= 0.6 is 27.7 Å². The number of carbonyl (C=O) groups excluding carboxylic acids is 1. The van der Waals surface area contributed by atoms with Crippen LogP contribution in [0, 0.1) is 0 Å². The normalized spacial score (nSPS) is 11.1. The standard InChI is InChI=1S/C21H21BrN2O3S/c1-3-14-4-6-15(7-5-14)19(25)13-28-21-23-18-9-8-16(22)12-17(18)20(26)24(21)10-11-27-2/h4-9,12H,3,10-11,13H2,1-2H3. The van der Waals surface area contributed by atoms with E-state index >= 15 is 0 Å². The molecule has 0 unspecified atom stereocenters. The topological polar surface area (TPSA) is 61.2 Å². The maximum atomic E-state index is 12.9. The van der Waals surface area contributed by atoms with Crippen LogP contribution in [0.3, 0.4) is 0 Å². The fourth-order valence-corrected chi connectivity index (χ4v) is 4.08. The summed E-state index contributed by atoms with van der Waals surface area (Å²) in [6.45, 7) is 2.85. The smallest absolute Gasteiger partial charge is 0.262 e. The zero-order chi connectivity index (χ0) is 20.1. The predicted molar refractivity (Wildman–Crippen MR) is 116 cm³/mol. The monoisotopic (exact) mass is 460 g/mol. The number of methoxy groups -OCH3 is 1. The maximum Gasteiger partial charge on any atom is 0.262 e. The highest BCUT2D eigenvalue weighted by Crippen LogP contribution is 2.21. The fraction of sp³-hybridized carbons (Fsp3) is 0.286. The second kappa shape index (κ2) is 9.49. The molecule has 0 bridgehead atoms. The van der Waals surface area contributed by atoms with Gasteiger partial charge in [-0.3, -0.25) is 14.2 Å². The molecular weight excluding hydrogens is 440 g/mol. The van der Waals surface area contributed by atoms with Crippen molar-refractivity contribution in [1.82, 2.24) is 9.55 Å². The van der Waals surface area contributed by atoms with Crippen LogP contribution in [0.4, 0.5) is 0 Å². The van der Waals surface area contributed by atoms with Gasteiger partial charge in [0, 0.05) is 17.1 Å². The first kappa shape index (κ1) is 20.8. The molecule has 0 amide bonds. The molecule has 2 aromatic carbocycles. The SMILES string of the molecule is CCc1ccc(C(=O)CSc2nc3ccc(Br)cc3c(=O)n2CCOC)cc1. The Morgan fingerprint density at radius 1 is 1.21 bits per heavy atom. The largest absolute Gasteiger partial charge is 0.383 e. The van der Waals surface area contributed by atoms with Crippen LogP contribution in [0.5, 0.6) is 0 Å². The van der Waals surface area contributed by atoms with Crippen molar-refractivity contribution in [3.8, 4) is 0 Å². The van der Waals surface area contributed by atoms with Crippen molar-refractivity contribution >= 4 is 44.4 Å². The average molecular weight is 461 g/mol. The number of halogens is 1. The van der Waals surface area contributed by atoms with E-state index in [1.54, 1.807) is 23.8 Å². The molecule has 0 aliphatic rings. The van der Waals surface area contributed by atoms with Gasteiger partial charge in [-0.05, 0) is 30.2 Å². The van der Waals surface area contributed by atoms with E-state index in [1.807, 2.05) is 30.3 Å². The van der Waals surface area contributed by atoms with E-state index in [4.69, 9.17) is 4.74 Å². The quantitative estimate of drug-likeness (QED) is 0.284. The van der Waals surface area contributed by atoms with Crippen molar-refractivity contribution in [3.05, 3.63) is 68.4 Å². The number of ketones is 1. The third-order valence-electron chi connectivity index (χ3n) is 4.42. The summed E-state index contributed by atoms with van der Waals surface area (Å²) in [5.74, 6) is 0.225. The fourth-order valence-electron chi connectivity index (χ4n) is 2.80. The summed E-state index contributed by atoms with van der Waals surface area (Å²) in [7, 11) is 1.59. The first-order chi connectivity index (χ1) is 13.5. The number of benzene rings is 2. The molecule has 0 aliphatic heterocycles. The molecule has 0 aliphatic carbocycles. The Kier molecular flexibility index (Phi) is 7.04. The van der Waals surface area contributed by atoms with Crippen molar-refractivity contribution in [3.63, 3.8) is 0 Å². The van der Waals surface area contributed by atoms with Gasteiger partial charge >= 0.3 is 0 Å². The van der Waals surface area contributed by atoms with Crippen molar-refractivity contribution < 1.29 is 9.53 Å². The third kappa shape index (κ3) is 4.71. The molecule has 0 N–H and O–H groups in total. The molecule has 3 aromatic rings. The molecule has 0 atom stereocenters. The van der Waals surface area contributed by atoms with Gasteiger partial charge in [0.1, 0.15) is 0 Å². The lowest BCUT2D eigenvalue weighted by atomic mass is 10.1. The van der Waals surface area contributed by atoms with Crippen LogP contribution in [0.2, 0.25) is 0 Å². The molecular formula is C21H21BrN2O3S. The summed E-state index contributed by atoms with van der Waals surface area (Å²) < 4.78 is 7.54. The highest BCUT2D eigenvalue weighted by molar-refractivity contribution is 9.10. The Balaban J connectivity index is 1.88. The van der Waals surface area contributed by atoms with Gasteiger partial charge in [0.25, 0.3) is 5.56 Å². The molecule has 7 heteroatoms. The summed E-state index contributed by atoms with van der Waals surface area (Å²) in [4.78, 5) is 30.1. The minimum atomic E-state index is -0.134. The number of fused-ring (bicyclic) bond motifs is 1. The number of Topliss-reactive ketones (excluding diaryl/α,β-unsaturated/α-hetero) is 1. The molecule has 0 saturated heterocycles. The second-order valence-electron chi connectivity index (χ2n) is 6.27. The summed E-state index contributed by atoms with van der Waals surface area (Å²) in [5.41, 5.74) is 2.34. The molecule has 0 spiro atoms. The lowest BCUT2D eigenvalue weighted by Gasteiger charge is -2.12. The number of hydrogen-bond acceptors (Lipinski definition) is 5. The van der Waals surface area contributed by atoms with Gasteiger partial charge in [0.2, 0.25) is 0 Å². The van der Waals surface area contributed by atoms with Crippen molar-refractivity contribution in [2.75, 3.05) is 19.5 Å². The number of ether oxygens (including phenoxy) is 1. The Labute approximate surface area is 176 Å². The highest BCUT2D eigenvalue weighted by atomic mass is 79.9. The lowest BCUT2D eigenvalue weighted by molar-refractivity contribution is 0.102. The van der Waals surface area contributed by atoms with E-state index in [-0.39, 0.29) is 17.1 Å². The number of thioether (sulfide) groups is 1. The Morgan fingerprint density at radius 2 is 1.96 bits per heavy atom. The number of carbonyl (C=O) groups is 1. The van der Waals surface area contributed by atoms with Gasteiger partial charge < -0.3 is 4.74 Å². The molecule has 28 heavy (non-hydrogen) atoms. The summed E-state index contributed by atoms with van der Waals surface area (Å²) in [5, 5.41) is 1.06. The second-order valence-corrected chi connectivity index (χ2v) is 8.13. The molecule has 1 aromatic heterocycles. The molecule has 146 valence electrons. The van der Waals surface area contributed by atoms with E-state index in [2.05, 4.69) is 27.8 Å². The molecule has 0 fully saturated rings. The summed E-state index contributed by atoms with van der Waals surface area (Å²) in [6, 6.07) is 13.1. The van der Waals surface area contributed by atoms with Gasteiger partial charge in [-0.1, -0.05) is 58.9 Å². The average Bonchev–Trinajstić information content (AvgIpc) is 2.72. The van der Waals surface area contributed by atoms with Crippen LogP contribution in [0.25, 0.3) is 10.9 Å². The van der Waals surface area contributed by atoms with E-state index in [9.17, 15) is 9.59 Å². The van der Waals surface area contributed by atoms with Crippen LogP contribution in [0.15, 0.2) is 56.9 Å². The van der Waals surface area contributed by atoms with Gasteiger partial charge in [-0.2, -0.15) is 0 Å². The van der Waals surface area contributed by atoms with Gasteiger partial charge in [0.15, 0.2) is 10.9 Å². The van der Waals surface area contributed by atoms with Gasteiger partial charge in [-0.25, -0.2) is 4.98 Å². The van der Waals surface area contributed by atoms with Crippen molar-refractivity contribution in [1.29, 1.82) is 0 Å². The Bertz CT molecular complexity index is 1050. The molecule has 0 radical (unpaired) electrons. The maximum absolute atomic E-state index is 12.9.